The summed E-state index contributed by atoms with van der Waals surface area (Å²) in [5.41, 5.74) is 7.86. The molecule has 0 unspecified atom stereocenters. The predicted octanol–water partition coefficient (Wildman–Crippen LogP) is 1.16. The fraction of sp³-hybridized carbons (Fsp3) is 0. The number of aromatic nitrogens is 4. The van der Waals surface area contributed by atoms with E-state index in [4.69, 9.17) is 5.73 Å². The van der Waals surface area contributed by atoms with Crippen LogP contribution in [0.1, 0.15) is 0 Å². The second kappa shape index (κ2) is 2.84. The number of anilines is 1. The summed E-state index contributed by atoms with van der Waals surface area (Å²) in [7, 11) is 0. The Morgan fingerprint density at radius 3 is 2.80 bits per heavy atom. The second-order valence-electron chi connectivity index (χ2n) is 3.17. The average Bonchev–Trinajstić information content (AvgIpc) is 2.29. The van der Waals surface area contributed by atoms with Crippen LogP contribution in [0.5, 0.6) is 0 Å². The van der Waals surface area contributed by atoms with Gasteiger partial charge in [-0.3, -0.25) is 4.98 Å². The Hall–Kier alpha value is -2.30. The lowest BCUT2D eigenvalue weighted by Crippen LogP contribution is -1.98. The lowest BCUT2D eigenvalue weighted by atomic mass is 10.2. The van der Waals surface area contributed by atoms with Crippen LogP contribution in [-0.2, 0) is 0 Å². The number of nitrogens with zero attached hydrogens (tertiary/aromatic N) is 4. The van der Waals surface area contributed by atoms with E-state index in [0.717, 1.165) is 21.9 Å². The Balaban J connectivity index is 2.57. The quantitative estimate of drug-likeness (QED) is 0.547. The molecule has 0 fully saturated rings. The van der Waals surface area contributed by atoms with Gasteiger partial charge in [-0.25, -0.2) is 4.98 Å². The summed E-state index contributed by atoms with van der Waals surface area (Å²) >= 11 is 0. The maximum Gasteiger partial charge on any atom is 0.240 e. The molecule has 0 bridgehead atoms. The molecule has 0 saturated carbocycles. The zero-order chi connectivity index (χ0) is 10.3. The van der Waals surface area contributed by atoms with E-state index < -0.39 is 0 Å². The molecule has 5 nitrogen and oxygen atoms in total. The molecule has 0 spiro atoms. The van der Waals surface area contributed by atoms with Crippen molar-refractivity contribution in [2.75, 3.05) is 5.73 Å². The predicted molar refractivity (Wildman–Crippen MR) is 57.0 cm³/mol. The average molecular weight is 197 g/mol. The molecule has 2 N–H and O–H groups in total. The minimum Gasteiger partial charge on any atom is -0.366 e. The number of pyridine rings is 1. The van der Waals surface area contributed by atoms with Crippen molar-refractivity contribution < 1.29 is 0 Å². The van der Waals surface area contributed by atoms with E-state index in [0.29, 0.717) is 0 Å². The van der Waals surface area contributed by atoms with Crippen LogP contribution in [0, 0.1) is 0 Å². The standard InChI is InChI=1S/C10H7N5/c11-10-13-9-6-2-1-5-12-7(6)3-4-8(9)14-15-10/h1-5H,(H2,11,13,15). The molecule has 3 aromatic rings. The SMILES string of the molecule is Nc1nnc2ccc3ncccc3c2n1. The largest absolute Gasteiger partial charge is 0.366 e. The molecule has 3 rings (SSSR count). The van der Waals surface area contributed by atoms with Gasteiger partial charge in [-0.15, -0.1) is 10.2 Å². The zero-order valence-corrected chi connectivity index (χ0v) is 7.75. The van der Waals surface area contributed by atoms with E-state index in [9.17, 15) is 0 Å². The van der Waals surface area contributed by atoms with Crippen LogP contribution in [-0.4, -0.2) is 20.2 Å². The molecule has 72 valence electrons. The highest BCUT2D eigenvalue weighted by molar-refractivity contribution is 6.02. The number of rotatable bonds is 0. The van der Waals surface area contributed by atoms with Crippen molar-refractivity contribution in [3.05, 3.63) is 30.5 Å². The van der Waals surface area contributed by atoms with Gasteiger partial charge >= 0.3 is 0 Å². The van der Waals surface area contributed by atoms with E-state index in [2.05, 4.69) is 20.2 Å². The Morgan fingerprint density at radius 2 is 1.87 bits per heavy atom. The summed E-state index contributed by atoms with van der Waals surface area (Å²) in [6.07, 6.45) is 1.74. The van der Waals surface area contributed by atoms with Crippen LogP contribution in [0.2, 0.25) is 0 Å². The van der Waals surface area contributed by atoms with Gasteiger partial charge in [0.2, 0.25) is 5.95 Å². The first-order chi connectivity index (χ1) is 7.34. The molecule has 0 aliphatic rings. The zero-order valence-electron chi connectivity index (χ0n) is 7.75. The molecule has 2 aromatic heterocycles. The molecule has 1 aromatic carbocycles. The summed E-state index contributed by atoms with van der Waals surface area (Å²) < 4.78 is 0. The molecule has 5 heteroatoms. The molecule has 0 aliphatic carbocycles. The van der Waals surface area contributed by atoms with Crippen LogP contribution in [0.15, 0.2) is 30.5 Å². The number of hydrogen-bond acceptors (Lipinski definition) is 5. The third-order valence-corrected chi connectivity index (χ3v) is 2.22. The highest BCUT2D eigenvalue weighted by Crippen LogP contribution is 2.20. The van der Waals surface area contributed by atoms with E-state index in [1.54, 1.807) is 6.20 Å². The van der Waals surface area contributed by atoms with Gasteiger partial charge in [-0.05, 0) is 24.3 Å². The topological polar surface area (TPSA) is 77.6 Å². The number of nitrogens with two attached hydrogens (primary N) is 1. The van der Waals surface area contributed by atoms with Gasteiger partial charge in [0.05, 0.1) is 5.52 Å². The van der Waals surface area contributed by atoms with Crippen molar-refractivity contribution in [2.45, 2.75) is 0 Å². The van der Waals surface area contributed by atoms with E-state index in [1.165, 1.54) is 0 Å². The van der Waals surface area contributed by atoms with Gasteiger partial charge in [-0.2, -0.15) is 0 Å². The lowest BCUT2D eigenvalue weighted by Gasteiger charge is -2.00. The molecule has 2 heterocycles. The Bertz CT molecular complexity index is 649. The summed E-state index contributed by atoms with van der Waals surface area (Å²) in [6, 6.07) is 7.53. The van der Waals surface area contributed by atoms with Crippen LogP contribution < -0.4 is 5.73 Å². The molecule has 0 radical (unpaired) electrons. The summed E-state index contributed by atoms with van der Waals surface area (Å²) in [4.78, 5) is 8.40. The molecule has 0 saturated heterocycles. The monoisotopic (exact) mass is 197 g/mol. The van der Waals surface area contributed by atoms with E-state index >= 15 is 0 Å². The summed E-state index contributed by atoms with van der Waals surface area (Å²) in [6.45, 7) is 0. The minimum absolute atomic E-state index is 0.179. The van der Waals surface area contributed by atoms with Crippen LogP contribution in [0.4, 0.5) is 5.95 Å². The van der Waals surface area contributed by atoms with Gasteiger partial charge < -0.3 is 5.73 Å². The lowest BCUT2D eigenvalue weighted by molar-refractivity contribution is 1.04. The second-order valence-corrected chi connectivity index (χ2v) is 3.17. The third-order valence-electron chi connectivity index (χ3n) is 2.22. The number of nitrogen functional groups attached to an aromatic ring is 1. The van der Waals surface area contributed by atoms with Crippen LogP contribution >= 0.6 is 0 Å². The Labute approximate surface area is 85.0 Å². The first-order valence-electron chi connectivity index (χ1n) is 4.48. The van der Waals surface area contributed by atoms with Crippen molar-refractivity contribution in [1.29, 1.82) is 0 Å². The third kappa shape index (κ3) is 1.17. The molecule has 15 heavy (non-hydrogen) atoms. The Kier molecular flexibility index (Phi) is 1.53. The van der Waals surface area contributed by atoms with Gasteiger partial charge in [0.15, 0.2) is 0 Å². The van der Waals surface area contributed by atoms with Crippen LogP contribution in [0.3, 0.4) is 0 Å². The van der Waals surface area contributed by atoms with Gasteiger partial charge in [0.1, 0.15) is 11.0 Å². The smallest absolute Gasteiger partial charge is 0.240 e. The van der Waals surface area contributed by atoms with Gasteiger partial charge in [0.25, 0.3) is 0 Å². The maximum atomic E-state index is 5.51. The first-order valence-corrected chi connectivity index (χ1v) is 4.48. The number of fused-ring (bicyclic) bond motifs is 3. The van der Waals surface area contributed by atoms with Crippen LogP contribution in [0.25, 0.3) is 21.9 Å². The van der Waals surface area contributed by atoms with E-state index in [1.807, 2.05) is 24.3 Å². The maximum absolute atomic E-state index is 5.51. The minimum atomic E-state index is 0.179. The highest BCUT2D eigenvalue weighted by Gasteiger charge is 2.03. The first kappa shape index (κ1) is 8.05. The van der Waals surface area contributed by atoms with Crippen molar-refractivity contribution in [3.63, 3.8) is 0 Å². The molecule has 0 aliphatic heterocycles. The summed E-state index contributed by atoms with van der Waals surface area (Å²) in [5.74, 6) is 0.179. The highest BCUT2D eigenvalue weighted by atomic mass is 15.2. The summed E-state index contributed by atoms with van der Waals surface area (Å²) in [5, 5.41) is 8.62. The number of hydrogen-bond donors (Lipinski definition) is 1. The van der Waals surface area contributed by atoms with Crippen molar-refractivity contribution in [2.24, 2.45) is 0 Å². The fourth-order valence-corrected chi connectivity index (χ4v) is 1.57. The van der Waals surface area contributed by atoms with E-state index in [-0.39, 0.29) is 5.95 Å². The molecular weight excluding hydrogens is 190 g/mol. The fourth-order valence-electron chi connectivity index (χ4n) is 1.57. The van der Waals surface area contributed by atoms with Crippen molar-refractivity contribution >= 4 is 27.9 Å². The Morgan fingerprint density at radius 1 is 1.00 bits per heavy atom. The van der Waals surface area contributed by atoms with Gasteiger partial charge in [0, 0.05) is 11.6 Å². The molecular formula is C10H7N5. The number of benzene rings is 1. The normalized spacial score (nSPS) is 10.9. The van der Waals surface area contributed by atoms with Crippen molar-refractivity contribution in [3.8, 4) is 0 Å². The molecule has 0 amide bonds. The van der Waals surface area contributed by atoms with Gasteiger partial charge in [-0.1, -0.05) is 0 Å². The molecule has 0 atom stereocenters. The van der Waals surface area contributed by atoms with Crippen molar-refractivity contribution in [1.82, 2.24) is 20.2 Å².